The normalized spacial score (nSPS) is 14.2. The van der Waals surface area contributed by atoms with Gasteiger partial charge in [-0.1, -0.05) is 39.0 Å². The van der Waals surface area contributed by atoms with Crippen LogP contribution in [0.5, 0.6) is 0 Å². The maximum Gasteiger partial charge on any atom is 0.138 e. The Morgan fingerprint density at radius 1 is 1.14 bits per heavy atom. The minimum absolute atomic E-state index is 0.0686. The number of nitrogens with one attached hydrogen (secondary N) is 1. The van der Waals surface area contributed by atoms with E-state index >= 15 is 0 Å². The number of benzene rings is 1. The summed E-state index contributed by atoms with van der Waals surface area (Å²) in [5.74, 6) is 2.72. The number of nitrogens with zero attached hydrogens (tertiary/aromatic N) is 3. The maximum atomic E-state index is 4.81. The van der Waals surface area contributed by atoms with Gasteiger partial charge in [-0.05, 0) is 18.1 Å². The molecule has 0 radical (unpaired) electrons. The van der Waals surface area contributed by atoms with Gasteiger partial charge in [0.25, 0.3) is 0 Å². The molecule has 4 nitrogen and oxygen atoms in total. The van der Waals surface area contributed by atoms with Crippen molar-refractivity contribution in [1.29, 1.82) is 0 Å². The lowest BCUT2D eigenvalue weighted by Gasteiger charge is -2.23. The van der Waals surface area contributed by atoms with Crippen molar-refractivity contribution >= 4 is 17.3 Å². The molecule has 4 heteroatoms. The average molecular weight is 282 g/mol. The number of para-hydroxylation sites is 1. The van der Waals surface area contributed by atoms with Gasteiger partial charge in [0, 0.05) is 30.8 Å². The third kappa shape index (κ3) is 2.58. The maximum absolute atomic E-state index is 4.81. The Bertz CT molecular complexity index is 658. The molecule has 0 spiro atoms. The van der Waals surface area contributed by atoms with E-state index in [1.54, 1.807) is 0 Å². The van der Waals surface area contributed by atoms with Gasteiger partial charge in [0.2, 0.25) is 0 Å². The Kier molecular flexibility index (Phi) is 3.32. The standard InChI is InChI=1S/C17H22N4/c1-17(2,3)16-19-14(18-4)11-15(20-16)21-10-9-12-7-5-6-8-13(12)21/h5-8,11H,9-10H2,1-4H3,(H,18,19,20). The Balaban J connectivity index is 2.07. The lowest BCUT2D eigenvalue weighted by atomic mass is 9.96. The summed E-state index contributed by atoms with van der Waals surface area (Å²) in [6.45, 7) is 7.40. The third-order valence-corrected chi connectivity index (χ3v) is 3.80. The first-order valence-corrected chi connectivity index (χ1v) is 7.42. The molecule has 1 aromatic carbocycles. The van der Waals surface area contributed by atoms with Crippen LogP contribution < -0.4 is 10.2 Å². The number of aromatic nitrogens is 2. The minimum Gasteiger partial charge on any atom is -0.373 e. The van der Waals surface area contributed by atoms with Gasteiger partial charge in [0.05, 0.1) is 0 Å². The second kappa shape index (κ2) is 5.02. The van der Waals surface area contributed by atoms with Crippen LogP contribution in [-0.4, -0.2) is 23.6 Å². The van der Waals surface area contributed by atoms with Gasteiger partial charge in [-0.25, -0.2) is 9.97 Å². The lowest BCUT2D eigenvalue weighted by Crippen LogP contribution is -2.21. The van der Waals surface area contributed by atoms with Crippen molar-refractivity contribution < 1.29 is 0 Å². The zero-order chi connectivity index (χ0) is 15.0. The molecule has 2 heterocycles. The summed E-state index contributed by atoms with van der Waals surface area (Å²) >= 11 is 0. The number of hydrogen-bond donors (Lipinski definition) is 1. The Morgan fingerprint density at radius 3 is 2.62 bits per heavy atom. The largest absolute Gasteiger partial charge is 0.373 e. The topological polar surface area (TPSA) is 41.0 Å². The number of fused-ring (bicyclic) bond motifs is 1. The molecule has 1 aliphatic rings. The molecule has 21 heavy (non-hydrogen) atoms. The number of rotatable bonds is 2. The molecule has 0 saturated heterocycles. The molecule has 3 rings (SSSR count). The molecular formula is C17H22N4. The zero-order valence-electron chi connectivity index (χ0n) is 13.1. The van der Waals surface area contributed by atoms with Crippen LogP contribution in [0, 0.1) is 0 Å². The molecule has 1 aliphatic heterocycles. The van der Waals surface area contributed by atoms with Gasteiger partial charge in [-0.3, -0.25) is 0 Å². The summed E-state index contributed by atoms with van der Waals surface area (Å²) in [7, 11) is 1.90. The van der Waals surface area contributed by atoms with Gasteiger partial charge >= 0.3 is 0 Å². The number of hydrogen-bond acceptors (Lipinski definition) is 4. The molecular weight excluding hydrogens is 260 g/mol. The van der Waals surface area contributed by atoms with Crippen molar-refractivity contribution in [1.82, 2.24) is 9.97 Å². The first-order valence-electron chi connectivity index (χ1n) is 7.42. The minimum atomic E-state index is -0.0686. The SMILES string of the molecule is CNc1cc(N2CCc3ccccc32)nc(C(C)(C)C)n1. The van der Waals surface area contributed by atoms with Gasteiger partial charge in [-0.2, -0.15) is 0 Å². The first kappa shape index (κ1) is 13.9. The van der Waals surface area contributed by atoms with Crippen LogP contribution in [0.2, 0.25) is 0 Å². The number of anilines is 3. The summed E-state index contributed by atoms with van der Waals surface area (Å²) in [4.78, 5) is 11.7. The predicted octanol–water partition coefficient (Wildman–Crippen LogP) is 3.51. The van der Waals surface area contributed by atoms with E-state index in [9.17, 15) is 0 Å². The second-order valence-corrected chi connectivity index (χ2v) is 6.47. The highest BCUT2D eigenvalue weighted by Gasteiger charge is 2.24. The molecule has 0 fully saturated rings. The molecule has 0 aliphatic carbocycles. The summed E-state index contributed by atoms with van der Waals surface area (Å²) in [6.07, 6.45) is 1.07. The van der Waals surface area contributed by atoms with Gasteiger partial charge < -0.3 is 10.2 Å². The first-order chi connectivity index (χ1) is 9.99. The quantitative estimate of drug-likeness (QED) is 0.915. The van der Waals surface area contributed by atoms with E-state index in [4.69, 9.17) is 4.98 Å². The van der Waals surface area contributed by atoms with Crippen LogP contribution in [-0.2, 0) is 11.8 Å². The lowest BCUT2D eigenvalue weighted by molar-refractivity contribution is 0.546. The molecule has 1 N–H and O–H groups in total. The van der Waals surface area contributed by atoms with Crippen LogP contribution in [0.15, 0.2) is 30.3 Å². The van der Waals surface area contributed by atoms with E-state index in [0.29, 0.717) is 0 Å². The Labute approximate surface area is 126 Å². The van der Waals surface area contributed by atoms with Crippen molar-refractivity contribution in [2.75, 3.05) is 23.8 Å². The smallest absolute Gasteiger partial charge is 0.138 e. The van der Waals surface area contributed by atoms with E-state index in [0.717, 1.165) is 30.4 Å². The van der Waals surface area contributed by atoms with Crippen molar-refractivity contribution in [3.8, 4) is 0 Å². The van der Waals surface area contributed by atoms with Crippen molar-refractivity contribution in [3.63, 3.8) is 0 Å². The van der Waals surface area contributed by atoms with E-state index in [1.807, 2.05) is 13.1 Å². The van der Waals surface area contributed by atoms with Gasteiger partial charge in [-0.15, -0.1) is 0 Å². The predicted molar refractivity (Wildman–Crippen MR) is 87.4 cm³/mol. The van der Waals surface area contributed by atoms with Crippen LogP contribution in [0.4, 0.5) is 17.3 Å². The fourth-order valence-electron chi connectivity index (χ4n) is 2.61. The molecule has 1 aromatic heterocycles. The highest BCUT2D eigenvalue weighted by Crippen LogP contribution is 2.34. The average Bonchev–Trinajstić information content (AvgIpc) is 2.89. The van der Waals surface area contributed by atoms with Crippen LogP contribution in [0.25, 0.3) is 0 Å². The fourth-order valence-corrected chi connectivity index (χ4v) is 2.61. The molecule has 0 unspecified atom stereocenters. The Hall–Kier alpha value is -2.10. The molecule has 0 bridgehead atoms. The van der Waals surface area contributed by atoms with Crippen molar-refractivity contribution in [2.45, 2.75) is 32.6 Å². The van der Waals surface area contributed by atoms with Gasteiger partial charge in [0.15, 0.2) is 0 Å². The fraction of sp³-hybridized carbons (Fsp3) is 0.412. The van der Waals surface area contributed by atoms with Crippen molar-refractivity contribution in [3.05, 3.63) is 41.7 Å². The molecule has 0 saturated carbocycles. The van der Waals surface area contributed by atoms with E-state index in [2.05, 4.69) is 60.2 Å². The van der Waals surface area contributed by atoms with Crippen LogP contribution >= 0.6 is 0 Å². The van der Waals surface area contributed by atoms with E-state index in [-0.39, 0.29) is 5.41 Å². The summed E-state index contributed by atoms with van der Waals surface area (Å²) < 4.78 is 0. The Morgan fingerprint density at radius 2 is 1.90 bits per heavy atom. The summed E-state index contributed by atoms with van der Waals surface area (Å²) in [6, 6.07) is 10.6. The monoisotopic (exact) mass is 282 g/mol. The summed E-state index contributed by atoms with van der Waals surface area (Å²) in [5, 5.41) is 3.15. The third-order valence-electron chi connectivity index (χ3n) is 3.80. The summed E-state index contributed by atoms with van der Waals surface area (Å²) in [5.41, 5.74) is 2.58. The van der Waals surface area contributed by atoms with E-state index in [1.165, 1.54) is 11.3 Å². The molecule has 0 amide bonds. The van der Waals surface area contributed by atoms with Crippen LogP contribution in [0.3, 0.4) is 0 Å². The molecule has 110 valence electrons. The van der Waals surface area contributed by atoms with Crippen LogP contribution in [0.1, 0.15) is 32.2 Å². The highest BCUT2D eigenvalue weighted by atomic mass is 15.2. The zero-order valence-corrected chi connectivity index (χ0v) is 13.1. The molecule has 0 atom stereocenters. The highest BCUT2D eigenvalue weighted by molar-refractivity contribution is 5.69. The molecule has 2 aromatic rings. The second-order valence-electron chi connectivity index (χ2n) is 6.47. The van der Waals surface area contributed by atoms with Crippen molar-refractivity contribution in [2.24, 2.45) is 0 Å². The van der Waals surface area contributed by atoms with Gasteiger partial charge in [0.1, 0.15) is 17.5 Å². The van der Waals surface area contributed by atoms with E-state index < -0.39 is 0 Å².